The Morgan fingerprint density at radius 3 is 1.91 bits per heavy atom. The summed E-state index contributed by atoms with van der Waals surface area (Å²) in [7, 11) is 1.40. The second-order valence-corrected chi connectivity index (χ2v) is 20.9. The molecule has 0 aromatic heterocycles. The number of piperidine rings is 1. The number of amides is 8. The van der Waals surface area contributed by atoms with E-state index >= 15 is 4.79 Å². The molecule has 422 valence electrons. The predicted molar refractivity (Wildman–Crippen MR) is 290 cm³/mol. The Balaban J connectivity index is 1.23. The zero-order chi connectivity index (χ0) is 57.6. The summed E-state index contributed by atoms with van der Waals surface area (Å²) in [6.45, 7) is 5.88. The van der Waals surface area contributed by atoms with Crippen molar-refractivity contribution in [2.45, 2.75) is 140 Å². The predicted octanol–water partition coefficient (Wildman–Crippen LogP) is 2.47. The molecule has 7 rings (SSSR count). The first kappa shape index (κ1) is 59.0. The van der Waals surface area contributed by atoms with E-state index in [1.54, 1.807) is 123 Å². The van der Waals surface area contributed by atoms with Crippen LogP contribution in [-0.2, 0) is 73.7 Å². The first-order valence-electron chi connectivity index (χ1n) is 26.8. The number of nitrogens with zero attached hydrogens (tertiary/aromatic N) is 3. The number of aliphatic hydroxyl groups excluding tert-OH is 1. The molecule has 1 aliphatic carbocycles. The molecule has 0 radical (unpaired) electrons. The van der Waals surface area contributed by atoms with Crippen molar-refractivity contribution in [2.24, 2.45) is 11.8 Å². The third kappa shape index (κ3) is 15.6. The van der Waals surface area contributed by atoms with Crippen molar-refractivity contribution in [3.8, 4) is 6.07 Å². The highest BCUT2D eigenvalue weighted by molar-refractivity contribution is 5.99. The molecule has 4 aromatic carbocycles. The quantitative estimate of drug-likeness (QED) is 0.0844. The molecule has 0 unspecified atom stereocenters. The molecule has 4 aromatic rings. The number of rotatable bonds is 15. The first-order chi connectivity index (χ1) is 38.3. The van der Waals surface area contributed by atoms with Crippen molar-refractivity contribution >= 4 is 53.4 Å². The Bertz CT molecular complexity index is 2920. The lowest BCUT2D eigenvalue weighted by molar-refractivity contribution is -0.165. The van der Waals surface area contributed by atoms with Gasteiger partial charge >= 0.3 is 12.1 Å². The Labute approximate surface area is 464 Å². The zero-order valence-corrected chi connectivity index (χ0v) is 45.3. The molecular formula is C59H69N9O12. The molecule has 3 aliphatic rings. The fourth-order valence-corrected chi connectivity index (χ4v) is 9.74. The average molecular weight is 1100 g/mol. The number of likely N-dealkylation sites (N-methyl/N-ethyl adjacent to an activating group) is 1. The number of fused-ring (bicyclic) bond motifs is 2. The van der Waals surface area contributed by atoms with Gasteiger partial charge in [0.2, 0.25) is 41.4 Å². The molecular weight excluding hydrogens is 1030 g/mol. The molecule has 7 N–H and O–H groups in total. The van der Waals surface area contributed by atoms with E-state index < -0.39 is 126 Å². The van der Waals surface area contributed by atoms with Crippen LogP contribution in [-0.4, -0.2) is 136 Å². The summed E-state index contributed by atoms with van der Waals surface area (Å²) in [5, 5.41) is 37.3. The summed E-state index contributed by atoms with van der Waals surface area (Å²) in [5.41, 5.74) is 2.64. The minimum atomic E-state index is -1.80. The number of aliphatic hydroxyl groups is 1. The van der Waals surface area contributed by atoms with Gasteiger partial charge in [0.05, 0.1) is 11.6 Å². The van der Waals surface area contributed by atoms with Crippen LogP contribution < -0.4 is 31.9 Å². The fourth-order valence-electron chi connectivity index (χ4n) is 9.74. The van der Waals surface area contributed by atoms with Crippen LogP contribution in [0.5, 0.6) is 0 Å². The number of carbonyl (C=O) groups excluding carboxylic acids is 9. The highest BCUT2D eigenvalue weighted by Crippen LogP contribution is 2.33. The van der Waals surface area contributed by atoms with E-state index in [1.165, 1.54) is 31.9 Å². The molecule has 2 heterocycles. The lowest BCUT2D eigenvalue weighted by atomic mass is 9.95. The minimum Gasteiger partial charge on any atom is -0.458 e. The van der Waals surface area contributed by atoms with Crippen LogP contribution in [0.2, 0.25) is 0 Å². The summed E-state index contributed by atoms with van der Waals surface area (Å²) >= 11 is 0. The zero-order valence-electron chi connectivity index (χ0n) is 45.3. The largest absolute Gasteiger partial charge is 0.458 e. The molecule has 10 atom stereocenters. The van der Waals surface area contributed by atoms with Crippen molar-refractivity contribution in [3.63, 3.8) is 0 Å². The number of hydrogen-bond donors (Lipinski definition) is 7. The molecule has 0 spiro atoms. The number of nitrogens with one attached hydrogen (secondary N) is 6. The van der Waals surface area contributed by atoms with Gasteiger partial charge in [-0.25, -0.2) is 9.59 Å². The van der Waals surface area contributed by atoms with E-state index in [4.69, 9.17) is 9.47 Å². The van der Waals surface area contributed by atoms with E-state index in [0.29, 0.717) is 35.1 Å². The van der Waals surface area contributed by atoms with Gasteiger partial charge in [-0.1, -0.05) is 117 Å². The molecule has 80 heavy (non-hydrogen) atoms. The number of hydrogen-bond acceptors (Lipinski definition) is 13. The number of cyclic esters (lactones) is 1. The molecule has 21 nitrogen and oxygen atoms in total. The van der Waals surface area contributed by atoms with Gasteiger partial charge in [-0.2, -0.15) is 5.26 Å². The van der Waals surface area contributed by atoms with Crippen LogP contribution in [0.3, 0.4) is 0 Å². The summed E-state index contributed by atoms with van der Waals surface area (Å²) in [5.74, 6) is -7.96. The van der Waals surface area contributed by atoms with Crippen LogP contribution >= 0.6 is 0 Å². The van der Waals surface area contributed by atoms with Crippen LogP contribution in [0.25, 0.3) is 0 Å². The van der Waals surface area contributed by atoms with Gasteiger partial charge in [0, 0.05) is 26.3 Å². The second kappa shape index (κ2) is 27.3. The Morgan fingerprint density at radius 2 is 1.31 bits per heavy atom. The minimum absolute atomic E-state index is 0.0374. The van der Waals surface area contributed by atoms with E-state index in [2.05, 4.69) is 31.9 Å². The number of ether oxygens (including phenoxy) is 2. The van der Waals surface area contributed by atoms with Gasteiger partial charge < -0.3 is 56.3 Å². The van der Waals surface area contributed by atoms with E-state index in [-0.39, 0.29) is 44.3 Å². The monoisotopic (exact) mass is 1100 g/mol. The Morgan fingerprint density at radius 1 is 0.713 bits per heavy atom. The van der Waals surface area contributed by atoms with Gasteiger partial charge in [0.25, 0.3) is 0 Å². The van der Waals surface area contributed by atoms with Gasteiger partial charge in [0.1, 0.15) is 67.3 Å². The second-order valence-electron chi connectivity index (χ2n) is 20.9. The summed E-state index contributed by atoms with van der Waals surface area (Å²) < 4.78 is 11.3. The van der Waals surface area contributed by atoms with E-state index in [1.807, 2.05) is 6.07 Å². The third-order valence-corrected chi connectivity index (χ3v) is 14.5. The van der Waals surface area contributed by atoms with Crippen molar-refractivity contribution in [3.05, 3.63) is 143 Å². The maximum absolute atomic E-state index is 15.1. The Hall–Kier alpha value is -8.64. The van der Waals surface area contributed by atoms with Crippen LogP contribution in [0.4, 0.5) is 4.79 Å². The molecule has 8 amide bonds. The third-order valence-electron chi connectivity index (χ3n) is 14.5. The van der Waals surface area contributed by atoms with Crippen molar-refractivity contribution in [2.75, 3.05) is 7.05 Å². The number of esters is 1. The highest BCUT2D eigenvalue weighted by atomic mass is 16.6. The topological polar surface area (TPSA) is 295 Å². The fraction of sp³-hybridized carbons (Fsp3) is 0.424. The molecule has 1 saturated carbocycles. The number of carbonyl (C=O) groups is 9. The highest BCUT2D eigenvalue weighted by Gasteiger charge is 2.47. The smallest absolute Gasteiger partial charge is 0.408 e. The van der Waals surface area contributed by atoms with Crippen molar-refractivity contribution in [1.29, 1.82) is 5.26 Å². The molecule has 2 aliphatic heterocycles. The lowest BCUT2D eigenvalue weighted by Crippen LogP contribution is -2.65. The molecule has 2 bridgehead atoms. The van der Waals surface area contributed by atoms with Gasteiger partial charge in [-0.05, 0) is 85.8 Å². The lowest BCUT2D eigenvalue weighted by Gasteiger charge is -2.43. The summed E-state index contributed by atoms with van der Waals surface area (Å²) in [6, 6.07) is 23.5. The van der Waals surface area contributed by atoms with Crippen LogP contribution in [0.1, 0.15) is 81.2 Å². The Kier molecular flexibility index (Phi) is 20.1. The van der Waals surface area contributed by atoms with Crippen molar-refractivity contribution < 1.29 is 57.7 Å². The van der Waals surface area contributed by atoms with E-state index in [9.17, 15) is 48.7 Å². The average Bonchev–Trinajstić information content (AvgIpc) is 4.30. The van der Waals surface area contributed by atoms with Gasteiger partial charge in [-0.3, -0.25) is 33.6 Å². The maximum atomic E-state index is 15.1. The molecule has 21 heteroatoms. The number of nitriles is 1. The maximum Gasteiger partial charge on any atom is 0.408 e. The number of benzene rings is 4. The SMILES string of the molecule is CC(C)[C@@H]1NC(=O)[C@H](Cc2ccccc2)N(C)C(=O)[C@H](Cc2ccccc2)N2C(=O)[C@H](CC[C@H]2O)NC(=O)[C@H](C2CC2)NC(=O)[C@@H](NC(=O)[C@H](Cc2cccc(C#N)c2)NC(=O)[C@H](C)NC(=O)OCc2ccccc2)[C@@H](C)OC1=O. The normalized spacial score (nSPS) is 24.0. The summed E-state index contributed by atoms with van der Waals surface area (Å²) in [6.07, 6.45) is -3.45. The van der Waals surface area contributed by atoms with Gasteiger partial charge in [-0.15, -0.1) is 0 Å². The standard InChI is InChI=1S/C59H69N9O12/c1-34(2)48-58(77)80-36(4)49(65-52(71)44(29-40-22-15-23-41(28-40)32-60)63-51(70)35(3)61-59(78)79-33-39-20-13-8-14-21-39)54(73)66-50(42-24-25-42)55(74)62-43-26-27-47(69)68(56(43)75)46(31-38-18-11-7-12-19-38)57(76)67(5)45(53(72)64-48)30-37-16-9-6-10-17-37/h6-23,28,34-36,42-50,69H,24-27,29-31,33H2,1-5H3,(H,61,78)(H,62,74)(H,63,70)(H,64,72)(H,65,71)(H,66,73)/t35-,36+,43-,44-,45-,46-,47+,48-,49-,50-/m0/s1. The van der Waals surface area contributed by atoms with Gasteiger partial charge in [0.15, 0.2) is 0 Å². The molecule has 2 saturated heterocycles. The molecule has 3 fully saturated rings. The van der Waals surface area contributed by atoms with Crippen LogP contribution in [0.15, 0.2) is 115 Å². The van der Waals surface area contributed by atoms with Crippen LogP contribution in [0, 0.1) is 23.2 Å². The summed E-state index contributed by atoms with van der Waals surface area (Å²) in [4.78, 5) is 132. The van der Waals surface area contributed by atoms with E-state index in [0.717, 1.165) is 4.90 Å². The number of alkyl carbamates (subject to hydrolysis) is 1. The van der Waals surface area contributed by atoms with Crippen molar-refractivity contribution in [1.82, 2.24) is 41.7 Å². The first-order valence-corrected chi connectivity index (χ1v) is 26.8.